The summed E-state index contributed by atoms with van der Waals surface area (Å²) in [6.45, 7) is 3.80. The maximum atomic E-state index is 13.8. The number of hydrogen-bond acceptors (Lipinski definition) is 4. The van der Waals surface area contributed by atoms with Crippen molar-refractivity contribution in [3.8, 4) is 0 Å². The minimum absolute atomic E-state index is 0.108. The Labute approximate surface area is 215 Å². The highest BCUT2D eigenvalue weighted by molar-refractivity contribution is 7.10. The average Bonchev–Trinajstić information content (AvgIpc) is 3.40. The summed E-state index contributed by atoms with van der Waals surface area (Å²) in [5.41, 5.74) is 3.69. The third-order valence-corrected chi connectivity index (χ3v) is 6.79. The monoisotopic (exact) mass is 496 g/mol. The fourth-order valence-electron chi connectivity index (χ4n) is 4.01. The van der Waals surface area contributed by atoms with Crippen LogP contribution in [-0.2, 0) is 22.6 Å². The van der Waals surface area contributed by atoms with E-state index in [0.29, 0.717) is 23.4 Å². The molecule has 0 spiro atoms. The van der Waals surface area contributed by atoms with Gasteiger partial charge in [-0.1, -0.05) is 78.4 Å². The lowest BCUT2D eigenvalue weighted by Crippen LogP contribution is -2.44. The molecule has 0 radical (unpaired) electrons. The minimum atomic E-state index is -0.913. The van der Waals surface area contributed by atoms with E-state index in [0.717, 1.165) is 16.0 Å². The van der Waals surface area contributed by atoms with Gasteiger partial charge in [-0.2, -0.15) is 0 Å². The van der Waals surface area contributed by atoms with Gasteiger partial charge in [0.2, 0.25) is 11.8 Å². The van der Waals surface area contributed by atoms with E-state index in [1.807, 2.05) is 79.0 Å². The highest BCUT2D eigenvalue weighted by Crippen LogP contribution is 2.30. The molecule has 4 aromatic rings. The van der Waals surface area contributed by atoms with E-state index in [4.69, 9.17) is 0 Å². The topological polar surface area (TPSA) is 66.5 Å². The van der Waals surface area contributed by atoms with Gasteiger partial charge in [-0.3, -0.25) is 19.3 Å². The third-order valence-electron chi connectivity index (χ3n) is 5.91. The first-order valence-corrected chi connectivity index (χ1v) is 12.6. The van der Waals surface area contributed by atoms with Gasteiger partial charge in [-0.15, -0.1) is 11.3 Å². The highest BCUT2D eigenvalue weighted by Gasteiger charge is 2.33. The largest absolute Gasteiger partial charge is 0.350 e. The number of anilines is 1. The van der Waals surface area contributed by atoms with Crippen LogP contribution in [0.25, 0.3) is 0 Å². The van der Waals surface area contributed by atoms with Crippen molar-refractivity contribution in [3.63, 3.8) is 0 Å². The first-order valence-electron chi connectivity index (χ1n) is 11.8. The van der Waals surface area contributed by atoms with Gasteiger partial charge in [0.25, 0.3) is 0 Å². The summed E-state index contributed by atoms with van der Waals surface area (Å²) < 4.78 is 0. The Bertz CT molecular complexity index is 1330. The summed E-state index contributed by atoms with van der Waals surface area (Å²) in [7, 11) is 0. The lowest BCUT2D eigenvalue weighted by Gasteiger charge is -2.32. The van der Waals surface area contributed by atoms with Crippen molar-refractivity contribution in [2.45, 2.75) is 32.9 Å². The van der Waals surface area contributed by atoms with E-state index in [-0.39, 0.29) is 24.0 Å². The molecule has 0 saturated carbocycles. The van der Waals surface area contributed by atoms with E-state index >= 15 is 0 Å². The molecule has 0 bridgehead atoms. The van der Waals surface area contributed by atoms with Crippen LogP contribution < -0.4 is 10.2 Å². The molecule has 1 aromatic heterocycles. The van der Waals surface area contributed by atoms with Crippen LogP contribution in [0.2, 0.25) is 0 Å². The van der Waals surface area contributed by atoms with Crippen molar-refractivity contribution < 1.29 is 14.4 Å². The molecule has 0 aliphatic carbocycles. The Morgan fingerprint density at radius 2 is 1.64 bits per heavy atom. The fraction of sp³-hybridized carbons (Fsp3) is 0.167. The first kappa shape index (κ1) is 25.1. The summed E-state index contributed by atoms with van der Waals surface area (Å²) >= 11 is 1.50. The summed E-state index contributed by atoms with van der Waals surface area (Å²) in [4.78, 5) is 42.2. The number of benzene rings is 3. The molecule has 36 heavy (non-hydrogen) atoms. The van der Waals surface area contributed by atoms with Crippen LogP contribution in [0.3, 0.4) is 0 Å². The maximum absolute atomic E-state index is 13.8. The summed E-state index contributed by atoms with van der Waals surface area (Å²) in [5.74, 6) is -0.628. The van der Waals surface area contributed by atoms with Crippen molar-refractivity contribution in [1.82, 2.24) is 5.32 Å². The van der Waals surface area contributed by atoms with Crippen molar-refractivity contribution >= 4 is 34.6 Å². The normalized spacial score (nSPS) is 11.5. The number of ketones is 1. The molecule has 4 rings (SSSR count). The third kappa shape index (κ3) is 6.15. The number of carbonyl (C=O) groups is 3. The molecule has 1 heterocycles. The molecular weight excluding hydrogens is 468 g/mol. The Hall–Kier alpha value is -4.03. The molecule has 1 atom stereocenters. The van der Waals surface area contributed by atoms with E-state index < -0.39 is 6.04 Å². The predicted molar refractivity (Wildman–Crippen MR) is 144 cm³/mol. The number of Topliss-reactive ketones (excluding diaryl/α,β-unsaturated/α-hetero) is 1. The molecule has 5 nitrogen and oxygen atoms in total. The van der Waals surface area contributed by atoms with E-state index in [9.17, 15) is 14.4 Å². The number of carbonyl (C=O) groups excluding carboxylic acids is 3. The molecule has 0 aliphatic heterocycles. The predicted octanol–water partition coefficient (Wildman–Crippen LogP) is 5.89. The number of thiophene rings is 1. The molecule has 0 saturated heterocycles. The minimum Gasteiger partial charge on any atom is -0.350 e. The van der Waals surface area contributed by atoms with Crippen LogP contribution >= 0.6 is 11.3 Å². The Balaban J connectivity index is 1.77. The number of rotatable bonds is 9. The van der Waals surface area contributed by atoms with Gasteiger partial charge in [0.1, 0.15) is 6.04 Å². The molecule has 0 fully saturated rings. The molecule has 3 aromatic carbocycles. The van der Waals surface area contributed by atoms with Gasteiger partial charge in [0.05, 0.1) is 6.42 Å². The SMILES string of the molecule is CC(=O)c1cccc(N(C(=O)Cc2cccs2)C(C(=O)NCc2ccccc2)c2ccc(C)cc2)c1. The average molecular weight is 497 g/mol. The highest BCUT2D eigenvalue weighted by atomic mass is 32.1. The van der Waals surface area contributed by atoms with Crippen molar-refractivity contribution in [3.05, 3.63) is 124 Å². The van der Waals surface area contributed by atoms with Crippen LogP contribution in [0, 0.1) is 6.92 Å². The van der Waals surface area contributed by atoms with Gasteiger partial charge in [-0.25, -0.2) is 0 Å². The van der Waals surface area contributed by atoms with Crippen LogP contribution in [-0.4, -0.2) is 17.6 Å². The van der Waals surface area contributed by atoms with Crippen molar-refractivity contribution in [2.75, 3.05) is 4.90 Å². The van der Waals surface area contributed by atoms with Crippen LogP contribution in [0.4, 0.5) is 5.69 Å². The number of aryl methyl sites for hydroxylation is 1. The molecular formula is C30H28N2O3S. The summed E-state index contributed by atoms with van der Waals surface area (Å²) in [6.07, 6.45) is 0.149. The lowest BCUT2D eigenvalue weighted by molar-refractivity contribution is -0.126. The second-order valence-corrected chi connectivity index (χ2v) is 9.68. The summed E-state index contributed by atoms with van der Waals surface area (Å²) in [6, 6.07) is 27.1. The number of nitrogens with zero attached hydrogens (tertiary/aromatic N) is 1. The maximum Gasteiger partial charge on any atom is 0.248 e. The first-order chi connectivity index (χ1) is 17.4. The van der Waals surface area contributed by atoms with Gasteiger partial charge in [-0.05, 0) is 48.6 Å². The molecule has 6 heteroatoms. The quantitative estimate of drug-likeness (QED) is 0.294. The summed E-state index contributed by atoms with van der Waals surface area (Å²) in [5, 5.41) is 4.94. The molecule has 1 N–H and O–H groups in total. The number of amides is 2. The smallest absolute Gasteiger partial charge is 0.248 e. The fourth-order valence-corrected chi connectivity index (χ4v) is 4.70. The zero-order valence-corrected chi connectivity index (χ0v) is 21.1. The van der Waals surface area contributed by atoms with Crippen molar-refractivity contribution in [1.29, 1.82) is 0 Å². The van der Waals surface area contributed by atoms with Crippen LogP contribution in [0.5, 0.6) is 0 Å². The van der Waals surface area contributed by atoms with Crippen LogP contribution in [0.15, 0.2) is 96.4 Å². The zero-order chi connectivity index (χ0) is 25.5. The van der Waals surface area contributed by atoms with Gasteiger partial charge < -0.3 is 5.32 Å². The Morgan fingerprint density at radius 3 is 2.31 bits per heavy atom. The molecule has 182 valence electrons. The standard InChI is InChI=1S/C30H28N2O3S/c1-21-13-15-24(16-14-21)29(30(35)31-20-23-8-4-3-5-9-23)32(28(34)19-27-12-7-17-36-27)26-11-6-10-25(18-26)22(2)33/h3-18,29H,19-20H2,1-2H3,(H,31,35). The van der Waals surface area contributed by atoms with Gasteiger partial charge >= 0.3 is 0 Å². The lowest BCUT2D eigenvalue weighted by atomic mass is 10.00. The molecule has 2 amide bonds. The second-order valence-electron chi connectivity index (χ2n) is 8.64. The van der Waals surface area contributed by atoms with Crippen molar-refractivity contribution in [2.24, 2.45) is 0 Å². The Morgan fingerprint density at radius 1 is 0.889 bits per heavy atom. The van der Waals surface area contributed by atoms with Crippen LogP contribution in [0.1, 0.15) is 44.9 Å². The van der Waals surface area contributed by atoms with E-state index in [2.05, 4.69) is 5.32 Å². The molecule has 0 aliphatic rings. The Kier molecular flexibility index (Phi) is 8.08. The van der Waals surface area contributed by atoms with E-state index in [1.54, 1.807) is 24.3 Å². The zero-order valence-electron chi connectivity index (χ0n) is 20.3. The van der Waals surface area contributed by atoms with Gasteiger partial charge in [0, 0.05) is 22.7 Å². The number of nitrogens with one attached hydrogen (secondary N) is 1. The molecule has 1 unspecified atom stereocenters. The second kappa shape index (κ2) is 11.6. The van der Waals surface area contributed by atoms with E-state index in [1.165, 1.54) is 23.2 Å². The van der Waals surface area contributed by atoms with Gasteiger partial charge in [0.15, 0.2) is 5.78 Å². The number of hydrogen-bond donors (Lipinski definition) is 1.